The van der Waals surface area contributed by atoms with Crippen molar-refractivity contribution in [2.45, 2.75) is 14.9 Å². The number of fused-ring (bicyclic) bond motifs is 2. The lowest BCUT2D eigenvalue weighted by Gasteiger charge is -2.11. The Morgan fingerprint density at radius 1 is 0.462 bits per heavy atom. The first kappa shape index (κ1) is 63.2. The molecule has 20 heteroatoms. The van der Waals surface area contributed by atoms with E-state index in [1.54, 1.807) is 42.6 Å². The van der Waals surface area contributed by atoms with Crippen LogP contribution in [0.15, 0.2) is 207 Å². The highest BCUT2D eigenvalue weighted by atomic mass is 35.5. The number of non-ortho nitro benzene ring substituents is 1. The van der Waals surface area contributed by atoms with Crippen LogP contribution in [0.2, 0.25) is 0 Å². The summed E-state index contributed by atoms with van der Waals surface area (Å²) in [6.45, 7) is 0. The second-order valence-corrected chi connectivity index (χ2v) is 16.8. The van der Waals surface area contributed by atoms with Gasteiger partial charge in [0.1, 0.15) is 14.1 Å². The Hall–Kier alpha value is -9.06. The number of carbonyl (C=O) groups excluding carboxylic acids is 2. The molecule has 2 amide bonds. The number of amides is 2. The number of nitrogens with two attached hydrogens (primary N) is 1. The van der Waals surface area contributed by atoms with Crippen LogP contribution in [-0.4, -0.2) is 16.7 Å². The fourth-order valence-electron chi connectivity index (χ4n) is 7.70. The number of rotatable bonds is 13. The van der Waals surface area contributed by atoms with E-state index in [9.17, 15) is 19.7 Å². The molecule has 0 radical (unpaired) electrons. The molecule has 0 fully saturated rings. The van der Waals surface area contributed by atoms with Gasteiger partial charge in [-0.3, -0.25) is 19.7 Å². The van der Waals surface area contributed by atoms with Crippen molar-refractivity contribution in [3.05, 3.63) is 228 Å². The molecule has 4 heterocycles. The molecular weight excluding hydrogens is 1070 g/mol. The van der Waals surface area contributed by atoms with E-state index in [1.165, 1.54) is 12.1 Å². The molecule has 0 bridgehead atoms. The van der Waals surface area contributed by atoms with Gasteiger partial charge in [-0.1, -0.05) is 27.0 Å². The Morgan fingerprint density at radius 3 is 1.27 bits per heavy atom. The summed E-state index contributed by atoms with van der Waals surface area (Å²) < 4.78 is 3.91. The second-order valence-electron chi connectivity index (χ2n) is 16.8. The van der Waals surface area contributed by atoms with E-state index < -0.39 is 4.92 Å². The number of H-pyrrole nitrogens is 2. The predicted octanol–water partition coefficient (Wildman–Crippen LogP) is -0.786. The first-order chi connectivity index (χ1) is 35.0. The number of nitrogen functional groups attached to an aromatic ring is 1. The monoisotopic (exact) mass is 1130 g/mol. The molecule has 10 aromatic rings. The Labute approximate surface area is 477 Å². The van der Waals surface area contributed by atoms with E-state index in [4.69, 9.17) is 5.73 Å². The number of nitrogens with one attached hydrogen (secondary N) is 8. The Kier molecular flexibility index (Phi) is 23.7. The third-order valence-corrected chi connectivity index (χ3v) is 11.4. The van der Waals surface area contributed by atoms with Gasteiger partial charge in [0.05, 0.1) is 38.4 Å². The summed E-state index contributed by atoms with van der Waals surface area (Å²) in [5.74, 6) is -0.394. The van der Waals surface area contributed by atoms with Gasteiger partial charge in [0, 0.05) is 112 Å². The first-order valence-corrected chi connectivity index (χ1v) is 22.8. The van der Waals surface area contributed by atoms with Crippen molar-refractivity contribution in [2.24, 2.45) is 14.1 Å². The van der Waals surface area contributed by atoms with Crippen molar-refractivity contribution >= 4 is 102 Å². The third kappa shape index (κ3) is 16.5. The normalized spacial score (nSPS) is 9.82. The van der Waals surface area contributed by atoms with Crippen molar-refractivity contribution in [3.8, 4) is 0 Å². The minimum Gasteiger partial charge on any atom is -1.00 e. The van der Waals surface area contributed by atoms with E-state index in [0.717, 1.165) is 61.9 Å². The van der Waals surface area contributed by atoms with E-state index in [0.29, 0.717) is 33.6 Å². The van der Waals surface area contributed by atoms with Gasteiger partial charge in [-0.05, 0) is 97.1 Å². The summed E-state index contributed by atoms with van der Waals surface area (Å²) >= 11 is 0. The molecule has 16 nitrogen and oxygen atoms in total. The van der Waals surface area contributed by atoms with Crippen molar-refractivity contribution in [3.63, 3.8) is 0 Å². The summed E-state index contributed by atoms with van der Waals surface area (Å²) in [6, 6.07) is 51.7. The predicted molar refractivity (Wildman–Crippen MR) is 296 cm³/mol. The Balaban J connectivity index is 0.000000381. The quantitative estimate of drug-likeness (QED) is 0.0334. The first-order valence-electron chi connectivity index (χ1n) is 22.8. The van der Waals surface area contributed by atoms with Gasteiger partial charge < -0.3 is 87.3 Å². The fraction of sp³-hybridized carbons (Fsp3) is 0.0690. The standard InChI is InChI=1S/C28H22N6O3.C28H24N6O.2CH4.4ClH/c1-33-15-12-22(13-16-33)30-23-4-2-3-19(17-23)28(35)32-21-7-5-20(6-8-21)31-27-11-14-29-26-10-9-24(34(36)37)18-25(26)27;1-34-15-12-23(13-16-34)31-24-4-2-3-19(17-24)28(35)33-22-8-6-21(7-9-22)32-27-11-14-30-26-10-5-20(29)18-25(26)27;;;;;;/h2-18H,1H3,(H2,29,31,32,35);2-18H,29H2,1H3,(H2,30,32,33,35);2*1H4;4*1H. The third-order valence-electron chi connectivity index (χ3n) is 11.4. The Bertz CT molecular complexity index is 3600. The van der Waals surface area contributed by atoms with Gasteiger partial charge in [0.15, 0.2) is 37.2 Å². The molecule has 0 aliphatic rings. The molecule has 0 saturated heterocycles. The maximum Gasteiger partial charge on any atom is 0.270 e. The molecule has 0 spiro atoms. The number of aryl methyl sites for hydroxylation is 2. The molecule has 0 unspecified atom stereocenters. The van der Waals surface area contributed by atoms with Crippen LogP contribution in [0, 0.1) is 10.1 Å². The molecule has 0 atom stereocenters. The zero-order valence-electron chi connectivity index (χ0n) is 40.7. The van der Waals surface area contributed by atoms with Crippen LogP contribution in [-0.2, 0) is 14.1 Å². The van der Waals surface area contributed by atoms with Crippen LogP contribution >= 0.6 is 0 Å². The number of halogens is 4. The number of anilines is 11. The van der Waals surface area contributed by atoms with Gasteiger partial charge >= 0.3 is 0 Å². The average Bonchev–Trinajstić information content (AvgIpc) is 3.39. The van der Waals surface area contributed by atoms with Gasteiger partial charge in [-0.25, -0.2) is 19.1 Å². The highest BCUT2D eigenvalue weighted by molar-refractivity contribution is 6.06. The van der Waals surface area contributed by atoms with Crippen LogP contribution < -0.4 is 106 Å². The van der Waals surface area contributed by atoms with Gasteiger partial charge in [0.25, 0.3) is 17.5 Å². The molecule has 6 aromatic carbocycles. The molecule has 402 valence electrons. The molecule has 0 aliphatic heterocycles. The molecule has 10 N–H and O–H groups in total. The maximum atomic E-state index is 12.9. The lowest BCUT2D eigenvalue weighted by Crippen LogP contribution is -3.00. The van der Waals surface area contributed by atoms with Crippen LogP contribution in [0.1, 0.15) is 35.6 Å². The lowest BCUT2D eigenvalue weighted by molar-refractivity contribution is -0.671. The second kappa shape index (κ2) is 29.3. The summed E-state index contributed by atoms with van der Waals surface area (Å²) in [4.78, 5) is 42.8. The zero-order chi connectivity index (χ0) is 50.0. The van der Waals surface area contributed by atoms with Crippen molar-refractivity contribution in [1.82, 2.24) is 0 Å². The number of aromatic nitrogens is 4. The SMILES string of the molecule is C.C.C[n+]1ccc(Nc2cccc(C(=O)Nc3ccc(Nc4cc[nH+]c5ccc(N)cc45)cc3)c2)cc1.C[n+]1ccc(Nc2cccc(C(=O)Nc3ccc(Nc4cc[nH+]c5ccc([N+](=O)[O-])cc45)cc3)c2)cc1.[Cl-].[Cl-].[Cl-].[Cl-]. The summed E-state index contributed by atoms with van der Waals surface area (Å²) in [6.07, 6.45) is 11.5. The number of pyridine rings is 4. The summed E-state index contributed by atoms with van der Waals surface area (Å²) in [7, 11) is 3.92. The largest absolute Gasteiger partial charge is 1.00 e. The van der Waals surface area contributed by atoms with Gasteiger partial charge in [-0.15, -0.1) is 0 Å². The number of nitro groups is 1. The zero-order valence-corrected chi connectivity index (χ0v) is 43.7. The van der Waals surface area contributed by atoms with Crippen LogP contribution in [0.4, 0.5) is 68.2 Å². The highest BCUT2D eigenvalue weighted by Crippen LogP contribution is 2.29. The summed E-state index contributed by atoms with van der Waals surface area (Å²) in [5.41, 5.74) is 17.8. The summed E-state index contributed by atoms with van der Waals surface area (Å²) in [5, 5.41) is 32.1. The highest BCUT2D eigenvalue weighted by Gasteiger charge is 2.15. The van der Waals surface area contributed by atoms with Crippen LogP contribution in [0.5, 0.6) is 0 Å². The van der Waals surface area contributed by atoms with Crippen molar-refractivity contribution in [2.75, 3.05) is 37.6 Å². The van der Waals surface area contributed by atoms with E-state index in [1.807, 2.05) is 176 Å². The fourth-order valence-corrected chi connectivity index (χ4v) is 7.70. The molecule has 10 rings (SSSR count). The number of hydrogen-bond acceptors (Lipinski definition) is 9. The number of benzene rings is 6. The number of hydrogen-bond donors (Lipinski definition) is 7. The average molecular weight is 1130 g/mol. The van der Waals surface area contributed by atoms with Gasteiger partial charge in [0.2, 0.25) is 11.0 Å². The van der Waals surface area contributed by atoms with E-state index >= 15 is 0 Å². The van der Waals surface area contributed by atoms with Crippen LogP contribution in [0.25, 0.3) is 21.8 Å². The topological polar surface area (TPSA) is 212 Å². The maximum absolute atomic E-state index is 12.9. The van der Waals surface area contributed by atoms with Crippen molar-refractivity contribution < 1.29 is 83.2 Å². The molecule has 4 aromatic heterocycles. The number of nitrogens with zero attached hydrogens (tertiary/aromatic N) is 3. The van der Waals surface area contributed by atoms with Crippen LogP contribution in [0.3, 0.4) is 0 Å². The number of nitro benzene ring substituents is 1. The van der Waals surface area contributed by atoms with E-state index in [-0.39, 0.29) is 82.0 Å². The molecule has 0 saturated carbocycles. The Morgan fingerprint density at radius 2 is 0.846 bits per heavy atom. The van der Waals surface area contributed by atoms with E-state index in [2.05, 4.69) is 41.9 Å². The molecular formula is C58H58Cl4N12O4. The van der Waals surface area contributed by atoms with Gasteiger partial charge in [-0.2, -0.15) is 0 Å². The number of aromatic amines is 2. The minimum absolute atomic E-state index is 0. The van der Waals surface area contributed by atoms with Crippen molar-refractivity contribution in [1.29, 1.82) is 0 Å². The molecule has 78 heavy (non-hydrogen) atoms. The molecule has 0 aliphatic carbocycles. The lowest BCUT2D eigenvalue weighted by atomic mass is 10.1. The minimum atomic E-state index is -0.416. The smallest absolute Gasteiger partial charge is 0.270 e. The number of carbonyl (C=O) groups is 2.